The highest BCUT2D eigenvalue weighted by molar-refractivity contribution is 5.94. The lowest BCUT2D eigenvalue weighted by molar-refractivity contribution is 0.0746. The summed E-state index contributed by atoms with van der Waals surface area (Å²) in [5.41, 5.74) is 0.691. The van der Waals surface area contributed by atoms with Gasteiger partial charge in [-0.25, -0.2) is 4.98 Å². The average molecular weight is 421 g/mol. The number of carbonyl (C=O) groups excluding carboxylic acids is 1. The molecule has 2 aromatic heterocycles. The molecular weight excluding hydrogens is 392 g/mol. The molecule has 4 rings (SSSR count). The molecule has 1 aliphatic heterocycles. The molecule has 3 aromatic rings. The molecule has 8 heteroatoms. The van der Waals surface area contributed by atoms with Gasteiger partial charge in [-0.05, 0) is 49.7 Å². The van der Waals surface area contributed by atoms with E-state index in [2.05, 4.69) is 27.0 Å². The molecule has 0 aliphatic carbocycles. The second-order valence-electron chi connectivity index (χ2n) is 7.60. The number of piperazine rings is 1. The van der Waals surface area contributed by atoms with Crippen LogP contribution in [0.15, 0.2) is 48.8 Å². The Balaban J connectivity index is 1.32. The summed E-state index contributed by atoms with van der Waals surface area (Å²) in [5, 5.41) is 8.71. The Bertz CT molecular complexity index is 992. The minimum atomic E-state index is 0.0526. The minimum Gasteiger partial charge on any atom is -0.494 e. The summed E-state index contributed by atoms with van der Waals surface area (Å²) in [7, 11) is 0. The van der Waals surface area contributed by atoms with E-state index in [0.29, 0.717) is 25.3 Å². The first-order chi connectivity index (χ1) is 15.2. The molecule has 0 radical (unpaired) electrons. The number of hydrogen-bond donors (Lipinski definition) is 0. The van der Waals surface area contributed by atoms with Crippen molar-refractivity contribution in [2.75, 3.05) is 37.7 Å². The van der Waals surface area contributed by atoms with E-state index in [1.54, 1.807) is 6.20 Å². The van der Waals surface area contributed by atoms with E-state index in [0.717, 1.165) is 49.1 Å². The van der Waals surface area contributed by atoms with E-state index in [4.69, 9.17) is 4.74 Å². The fraction of sp³-hybridized carbons (Fsp3) is 0.391. The topological polar surface area (TPSA) is 76.4 Å². The third kappa shape index (κ3) is 4.84. The normalized spacial score (nSPS) is 14.0. The van der Waals surface area contributed by atoms with Gasteiger partial charge in [0.15, 0.2) is 11.6 Å². The lowest BCUT2D eigenvalue weighted by Crippen LogP contribution is -2.49. The van der Waals surface area contributed by atoms with Gasteiger partial charge in [0.2, 0.25) is 0 Å². The van der Waals surface area contributed by atoms with Crippen molar-refractivity contribution in [3.05, 3.63) is 60.2 Å². The number of ether oxygens (including phenoxy) is 1. The van der Waals surface area contributed by atoms with Crippen LogP contribution in [0.3, 0.4) is 0 Å². The van der Waals surface area contributed by atoms with Gasteiger partial charge in [0.1, 0.15) is 11.6 Å². The van der Waals surface area contributed by atoms with Crippen molar-refractivity contribution < 1.29 is 9.53 Å². The van der Waals surface area contributed by atoms with Crippen molar-refractivity contribution in [1.82, 2.24) is 24.6 Å². The fourth-order valence-electron chi connectivity index (χ4n) is 3.58. The van der Waals surface area contributed by atoms with Crippen molar-refractivity contribution in [3.63, 3.8) is 0 Å². The summed E-state index contributed by atoms with van der Waals surface area (Å²) in [6.45, 7) is 7.52. The number of carbonyl (C=O) groups is 1. The molecule has 8 nitrogen and oxygen atoms in total. The number of aromatic nitrogens is 4. The van der Waals surface area contributed by atoms with Crippen LogP contribution in [0.5, 0.6) is 5.75 Å². The number of unbranched alkanes of at least 4 members (excludes halogenated alkanes) is 1. The molecule has 1 fully saturated rings. The van der Waals surface area contributed by atoms with Crippen LogP contribution in [-0.2, 0) is 0 Å². The molecule has 3 heterocycles. The highest BCUT2D eigenvalue weighted by atomic mass is 16.5. The molecule has 0 bridgehead atoms. The zero-order chi connectivity index (χ0) is 21.6. The lowest BCUT2D eigenvalue weighted by atomic mass is 10.1. The highest BCUT2D eigenvalue weighted by Gasteiger charge is 2.23. The molecule has 1 saturated heterocycles. The number of imidazole rings is 1. The maximum atomic E-state index is 12.9. The predicted molar refractivity (Wildman–Crippen MR) is 119 cm³/mol. The van der Waals surface area contributed by atoms with Gasteiger partial charge in [-0.2, -0.15) is 0 Å². The van der Waals surface area contributed by atoms with Crippen LogP contribution in [0.1, 0.15) is 35.9 Å². The number of aryl methyl sites for hydroxylation is 1. The molecule has 1 aromatic carbocycles. The predicted octanol–water partition coefficient (Wildman–Crippen LogP) is 3.11. The first-order valence-corrected chi connectivity index (χ1v) is 10.8. The third-order valence-corrected chi connectivity index (χ3v) is 5.47. The summed E-state index contributed by atoms with van der Waals surface area (Å²) in [5.74, 6) is 3.30. The number of rotatable bonds is 7. The van der Waals surface area contributed by atoms with Gasteiger partial charge in [-0.1, -0.05) is 13.3 Å². The number of anilines is 1. The van der Waals surface area contributed by atoms with Crippen LogP contribution < -0.4 is 9.64 Å². The number of hydrogen-bond acceptors (Lipinski definition) is 6. The second kappa shape index (κ2) is 9.59. The maximum absolute atomic E-state index is 12.9. The minimum absolute atomic E-state index is 0.0526. The van der Waals surface area contributed by atoms with E-state index in [9.17, 15) is 4.79 Å². The quantitative estimate of drug-likeness (QED) is 0.547. The van der Waals surface area contributed by atoms with Crippen LogP contribution in [0.2, 0.25) is 0 Å². The van der Waals surface area contributed by atoms with Crippen molar-refractivity contribution in [1.29, 1.82) is 0 Å². The lowest BCUT2D eigenvalue weighted by Gasteiger charge is -2.35. The van der Waals surface area contributed by atoms with Crippen LogP contribution >= 0.6 is 0 Å². The Labute approximate surface area is 182 Å². The maximum Gasteiger partial charge on any atom is 0.253 e. The highest BCUT2D eigenvalue weighted by Crippen LogP contribution is 2.18. The third-order valence-electron chi connectivity index (χ3n) is 5.47. The monoisotopic (exact) mass is 420 g/mol. The standard InChI is InChI=1S/C23H28N6O2/c1-3-4-17-31-20-7-5-19(6-8-20)23(30)28-15-13-27(14-16-28)21-9-10-22(26-25-21)29-12-11-24-18(29)2/h5-12H,3-4,13-17H2,1-2H3. The molecular formula is C23H28N6O2. The van der Waals surface area contributed by atoms with Crippen LogP contribution in [0.4, 0.5) is 5.82 Å². The Morgan fingerprint density at radius 1 is 1.00 bits per heavy atom. The Hall–Kier alpha value is -3.42. The summed E-state index contributed by atoms with van der Waals surface area (Å²) < 4.78 is 7.58. The largest absolute Gasteiger partial charge is 0.494 e. The van der Waals surface area contributed by atoms with Crippen molar-refractivity contribution in [3.8, 4) is 11.6 Å². The van der Waals surface area contributed by atoms with Crippen molar-refractivity contribution >= 4 is 11.7 Å². The molecule has 1 aliphatic rings. The summed E-state index contributed by atoms with van der Waals surface area (Å²) in [6, 6.07) is 11.3. The molecule has 162 valence electrons. The van der Waals surface area contributed by atoms with Gasteiger partial charge >= 0.3 is 0 Å². The number of amides is 1. The van der Waals surface area contributed by atoms with Crippen molar-refractivity contribution in [2.45, 2.75) is 26.7 Å². The van der Waals surface area contributed by atoms with Crippen LogP contribution in [-0.4, -0.2) is 63.3 Å². The van der Waals surface area contributed by atoms with E-state index in [-0.39, 0.29) is 5.91 Å². The van der Waals surface area contributed by atoms with Gasteiger partial charge < -0.3 is 14.5 Å². The molecule has 1 amide bonds. The molecule has 0 N–H and O–H groups in total. The SMILES string of the molecule is CCCCOc1ccc(C(=O)N2CCN(c3ccc(-n4ccnc4C)nn3)CC2)cc1. The Kier molecular flexibility index (Phi) is 6.45. The van der Waals surface area contributed by atoms with Gasteiger partial charge in [-0.15, -0.1) is 10.2 Å². The molecule has 0 atom stereocenters. The van der Waals surface area contributed by atoms with Crippen LogP contribution in [0.25, 0.3) is 5.82 Å². The van der Waals surface area contributed by atoms with Gasteiger partial charge in [0.05, 0.1) is 6.61 Å². The summed E-state index contributed by atoms with van der Waals surface area (Å²) in [4.78, 5) is 21.1. The molecule has 0 saturated carbocycles. The Morgan fingerprint density at radius 2 is 1.71 bits per heavy atom. The number of nitrogens with zero attached hydrogens (tertiary/aromatic N) is 6. The second-order valence-corrected chi connectivity index (χ2v) is 7.60. The average Bonchev–Trinajstić information content (AvgIpc) is 3.25. The summed E-state index contributed by atoms with van der Waals surface area (Å²) in [6.07, 6.45) is 5.74. The first-order valence-electron chi connectivity index (χ1n) is 10.8. The van der Waals surface area contributed by atoms with E-state index in [1.165, 1.54) is 0 Å². The van der Waals surface area contributed by atoms with Gasteiger partial charge in [0, 0.05) is 44.1 Å². The Morgan fingerprint density at radius 3 is 2.32 bits per heavy atom. The molecule has 31 heavy (non-hydrogen) atoms. The fourth-order valence-corrected chi connectivity index (χ4v) is 3.58. The van der Waals surface area contributed by atoms with E-state index >= 15 is 0 Å². The van der Waals surface area contributed by atoms with Crippen molar-refractivity contribution in [2.24, 2.45) is 0 Å². The van der Waals surface area contributed by atoms with E-state index in [1.807, 2.05) is 59.0 Å². The molecule has 0 unspecified atom stereocenters. The molecule has 0 spiro atoms. The smallest absolute Gasteiger partial charge is 0.253 e. The first kappa shape index (κ1) is 20.8. The summed E-state index contributed by atoms with van der Waals surface area (Å²) >= 11 is 0. The number of benzene rings is 1. The van der Waals surface area contributed by atoms with Gasteiger partial charge in [0.25, 0.3) is 5.91 Å². The van der Waals surface area contributed by atoms with Gasteiger partial charge in [-0.3, -0.25) is 9.36 Å². The van der Waals surface area contributed by atoms with Crippen LogP contribution in [0, 0.1) is 6.92 Å². The zero-order valence-corrected chi connectivity index (χ0v) is 18.1. The zero-order valence-electron chi connectivity index (χ0n) is 18.1. The van der Waals surface area contributed by atoms with E-state index < -0.39 is 0 Å².